The zero-order valence-electron chi connectivity index (χ0n) is 9.27. The van der Waals surface area contributed by atoms with Crippen LogP contribution < -0.4 is 39.4 Å². The maximum atomic E-state index is 10.3. The number of carboxylic acids is 1. The number of rotatable bonds is 3. The van der Waals surface area contributed by atoms with Gasteiger partial charge in [-0.1, -0.05) is 41.9 Å². The second kappa shape index (κ2) is 6.26. The Morgan fingerprint density at radius 1 is 1.24 bits per heavy atom. The molecule has 0 saturated heterocycles. The molecule has 3 nitrogen and oxygen atoms in total. The van der Waals surface area contributed by atoms with Gasteiger partial charge in [0.15, 0.2) is 0 Å². The minimum absolute atomic E-state index is 0. The fourth-order valence-corrected chi connectivity index (χ4v) is 1.75. The third kappa shape index (κ3) is 3.36. The van der Waals surface area contributed by atoms with Crippen molar-refractivity contribution >= 4 is 28.3 Å². The molecule has 0 bridgehead atoms. The monoisotopic (exact) mass is 258 g/mol. The Morgan fingerprint density at radius 2 is 1.94 bits per heavy atom. The van der Waals surface area contributed by atoms with Crippen LogP contribution in [0.3, 0.4) is 0 Å². The van der Waals surface area contributed by atoms with Crippen molar-refractivity contribution in [3.05, 3.63) is 41.4 Å². The van der Waals surface area contributed by atoms with Crippen LogP contribution in [0.4, 0.5) is 0 Å². The fourth-order valence-electron chi connectivity index (χ4n) is 1.46. The maximum absolute atomic E-state index is 10.3. The smallest absolute Gasteiger partial charge is 0.546 e. The van der Waals surface area contributed by atoms with Crippen molar-refractivity contribution in [3.63, 3.8) is 0 Å². The normalized spacial score (nSPS) is 9.71. The first-order valence-electron chi connectivity index (χ1n) is 4.68. The SMILES string of the molecule is O=C([O-])COc1ccc2ccccc2c1Cl.[Na+]. The number of carboxylic acid groups (broad SMARTS) is 1. The molecule has 0 amide bonds. The third-order valence-electron chi connectivity index (χ3n) is 2.17. The predicted octanol–water partition coefficient (Wildman–Crippen LogP) is -1.37. The number of carbonyl (C=O) groups excluding carboxylic acids is 1. The summed E-state index contributed by atoms with van der Waals surface area (Å²) in [5.41, 5.74) is 0. The van der Waals surface area contributed by atoms with Gasteiger partial charge in [0.05, 0.1) is 11.0 Å². The average molecular weight is 259 g/mol. The Bertz CT molecular complexity index is 542. The van der Waals surface area contributed by atoms with Gasteiger partial charge < -0.3 is 14.6 Å². The van der Waals surface area contributed by atoms with E-state index in [0.717, 1.165) is 10.8 Å². The van der Waals surface area contributed by atoms with E-state index < -0.39 is 12.6 Å². The van der Waals surface area contributed by atoms with Gasteiger partial charge in [-0.15, -0.1) is 0 Å². The molecule has 2 rings (SSSR count). The van der Waals surface area contributed by atoms with Gasteiger partial charge in [0.1, 0.15) is 12.4 Å². The van der Waals surface area contributed by atoms with E-state index in [9.17, 15) is 9.90 Å². The minimum Gasteiger partial charge on any atom is -0.546 e. The van der Waals surface area contributed by atoms with Crippen LogP contribution in [0.25, 0.3) is 10.8 Å². The summed E-state index contributed by atoms with van der Waals surface area (Å²) in [5, 5.41) is 12.5. The van der Waals surface area contributed by atoms with Gasteiger partial charge in [0.2, 0.25) is 0 Å². The summed E-state index contributed by atoms with van der Waals surface area (Å²) in [7, 11) is 0. The molecule has 82 valence electrons. The largest absolute Gasteiger partial charge is 1.00 e. The average Bonchev–Trinajstić information content (AvgIpc) is 2.28. The first-order chi connectivity index (χ1) is 7.68. The number of halogens is 1. The van der Waals surface area contributed by atoms with Gasteiger partial charge in [0.25, 0.3) is 0 Å². The predicted molar refractivity (Wildman–Crippen MR) is 59.5 cm³/mol. The van der Waals surface area contributed by atoms with Crippen LogP contribution in [-0.2, 0) is 4.79 Å². The van der Waals surface area contributed by atoms with Gasteiger partial charge in [-0.3, -0.25) is 0 Å². The number of hydrogen-bond donors (Lipinski definition) is 0. The Morgan fingerprint density at radius 3 is 2.65 bits per heavy atom. The summed E-state index contributed by atoms with van der Waals surface area (Å²) in [6.07, 6.45) is 0. The molecule has 0 aliphatic rings. The van der Waals surface area contributed by atoms with Crippen LogP contribution in [0.1, 0.15) is 0 Å². The molecular formula is C12H8ClNaO3. The summed E-state index contributed by atoms with van der Waals surface area (Å²) >= 11 is 6.09. The molecule has 0 unspecified atom stereocenters. The van der Waals surface area contributed by atoms with E-state index >= 15 is 0 Å². The van der Waals surface area contributed by atoms with Crippen LogP contribution in [0.2, 0.25) is 5.02 Å². The van der Waals surface area contributed by atoms with Crippen molar-refractivity contribution in [2.75, 3.05) is 6.61 Å². The molecule has 0 heterocycles. The molecule has 0 atom stereocenters. The van der Waals surface area contributed by atoms with E-state index in [1.54, 1.807) is 6.07 Å². The van der Waals surface area contributed by atoms with E-state index in [0.29, 0.717) is 10.8 Å². The molecule has 0 N–H and O–H groups in total. The van der Waals surface area contributed by atoms with Crippen molar-refractivity contribution in [2.24, 2.45) is 0 Å². The number of fused-ring (bicyclic) bond motifs is 1. The Balaban J connectivity index is 0.00000144. The number of hydrogen-bond acceptors (Lipinski definition) is 3. The van der Waals surface area contributed by atoms with Gasteiger partial charge in [0, 0.05) is 5.39 Å². The Labute approximate surface area is 126 Å². The van der Waals surface area contributed by atoms with Crippen LogP contribution in [0.5, 0.6) is 5.75 Å². The topological polar surface area (TPSA) is 49.4 Å². The van der Waals surface area contributed by atoms with Crippen LogP contribution in [0, 0.1) is 0 Å². The van der Waals surface area contributed by atoms with E-state index in [2.05, 4.69) is 0 Å². The quantitative estimate of drug-likeness (QED) is 0.638. The molecule has 0 aromatic heterocycles. The summed E-state index contributed by atoms with van der Waals surface area (Å²) in [6.45, 7) is -0.502. The maximum Gasteiger partial charge on any atom is 1.00 e. The summed E-state index contributed by atoms with van der Waals surface area (Å²) in [5.74, 6) is -0.922. The third-order valence-corrected chi connectivity index (χ3v) is 2.56. The Hall–Kier alpha value is -0.740. The summed E-state index contributed by atoms with van der Waals surface area (Å²) in [4.78, 5) is 10.3. The van der Waals surface area contributed by atoms with Gasteiger partial charge in [-0.05, 0) is 11.5 Å². The van der Waals surface area contributed by atoms with E-state index in [1.807, 2.05) is 30.3 Å². The second-order valence-electron chi connectivity index (χ2n) is 3.26. The minimum atomic E-state index is -1.27. The van der Waals surface area contributed by atoms with Crippen molar-refractivity contribution in [1.82, 2.24) is 0 Å². The first-order valence-corrected chi connectivity index (χ1v) is 5.06. The van der Waals surface area contributed by atoms with Crippen molar-refractivity contribution in [1.29, 1.82) is 0 Å². The zero-order chi connectivity index (χ0) is 11.5. The standard InChI is InChI=1S/C12H9ClO3.Na/c13-12-9-4-2-1-3-8(9)5-6-10(12)16-7-11(14)15;/h1-6H,7H2,(H,14,15);/q;+1/p-1. The summed E-state index contributed by atoms with van der Waals surface area (Å²) in [6, 6.07) is 11.0. The van der Waals surface area contributed by atoms with Crippen LogP contribution >= 0.6 is 11.6 Å². The molecular weight excluding hydrogens is 251 g/mol. The van der Waals surface area contributed by atoms with Crippen LogP contribution in [0.15, 0.2) is 36.4 Å². The Kier molecular flexibility index (Phi) is 5.28. The van der Waals surface area contributed by atoms with Gasteiger partial charge in [-0.2, -0.15) is 0 Å². The number of ether oxygens (including phenoxy) is 1. The molecule has 0 aliphatic heterocycles. The van der Waals surface area contributed by atoms with Crippen molar-refractivity contribution in [3.8, 4) is 5.75 Å². The van der Waals surface area contributed by atoms with Crippen molar-refractivity contribution < 1.29 is 44.2 Å². The van der Waals surface area contributed by atoms with Crippen molar-refractivity contribution in [2.45, 2.75) is 0 Å². The second-order valence-corrected chi connectivity index (χ2v) is 3.64. The van der Waals surface area contributed by atoms with Crippen LogP contribution in [-0.4, -0.2) is 12.6 Å². The molecule has 0 aliphatic carbocycles. The summed E-state index contributed by atoms with van der Waals surface area (Å²) < 4.78 is 5.01. The van der Waals surface area contributed by atoms with E-state index in [4.69, 9.17) is 16.3 Å². The molecule has 17 heavy (non-hydrogen) atoms. The van der Waals surface area contributed by atoms with E-state index in [-0.39, 0.29) is 29.6 Å². The number of carbonyl (C=O) groups is 1. The molecule has 5 heteroatoms. The number of aliphatic carboxylic acids is 1. The molecule has 0 fully saturated rings. The molecule has 2 aromatic rings. The molecule has 0 spiro atoms. The van der Waals surface area contributed by atoms with E-state index in [1.165, 1.54) is 0 Å². The molecule has 0 saturated carbocycles. The first kappa shape index (κ1) is 14.3. The van der Waals surface area contributed by atoms with Gasteiger partial charge in [-0.25, -0.2) is 0 Å². The fraction of sp³-hybridized carbons (Fsp3) is 0.0833. The molecule has 2 aromatic carbocycles. The number of benzene rings is 2. The van der Waals surface area contributed by atoms with Gasteiger partial charge >= 0.3 is 29.6 Å². The zero-order valence-corrected chi connectivity index (χ0v) is 12.0. The molecule has 0 radical (unpaired) electrons.